The van der Waals surface area contributed by atoms with Gasteiger partial charge in [-0.1, -0.05) is 18.2 Å². The minimum Gasteiger partial charge on any atom is -0.450 e. The quantitative estimate of drug-likeness (QED) is 0.250. The van der Waals surface area contributed by atoms with Crippen molar-refractivity contribution in [3.05, 3.63) is 47.3 Å². The highest BCUT2D eigenvalue weighted by molar-refractivity contribution is 14.0. The Kier molecular flexibility index (Phi) is 10.3. The molecule has 0 radical (unpaired) electrons. The summed E-state index contributed by atoms with van der Waals surface area (Å²) in [4.78, 5) is 16.6. The zero-order valence-corrected chi connectivity index (χ0v) is 21.7. The van der Waals surface area contributed by atoms with Crippen LogP contribution in [0.3, 0.4) is 0 Å². The van der Waals surface area contributed by atoms with E-state index in [1.54, 1.807) is 0 Å². The monoisotopic (exact) mass is 554 g/mol. The molecule has 0 spiro atoms. The molecule has 1 saturated carbocycles. The number of hydrogen-bond acceptors (Lipinski definition) is 4. The van der Waals surface area contributed by atoms with Gasteiger partial charge in [0, 0.05) is 18.8 Å². The third kappa shape index (κ3) is 7.39. The topological polar surface area (TPSA) is 92.6 Å². The van der Waals surface area contributed by atoms with Gasteiger partial charge in [0.1, 0.15) is 0 Å². The first-order valence-corrected chi connectivity index (χ1v) is 11.1. The largest absolute Gasteiger partial charge is 0.450 e. The molecule has 1 amide bonds. The zero-order chi connectivity index (χ0) is 22.2. The molecule has 1 aromatic heterocycles. The first kappa shape index (κ1) is 26.0. The SMILES string of the molecule is CCNC(=NCc1ccccc1-n1nc(C)cc1C)NCC(NC(=O)OCC)C1CC1.I. The van der Waals surface area contributed by atoms with E-state index in [1.807, 2.05) is 37.6 Å². The van der Waals surface area contributed by atoms with E-state index in [-0.39, 0.29) is 36.1 Å². The van der Waals surface area contributed by atoms with Crippen molar-refractivity contribution in [2.75, 3.05) is 19.7 Å². The van der Waals surface area contributed by atoms with Crippen molar-refractivity contribution >= 4 is 36.0 Å². The van der Waals surface area contributed by atoms with Crippen molar-refractivity contribution in [3.8, 4) is 5.69 Å². The van der Waals surface area contributed by atoms with Gasteiger partial charge in [-0.05, 0) is 64.2 Å². The summed E-state index contributed by atoms with van der Waals surface area (Å²) in [6.45, 7) is 10.1. The lowest BCUT2D eigenvalue weighted by Crippen LogP contribution is -2.48. The Hall–Kier alpha value is -2.30. The average Bonchev–Trinajstić information content (AvgIpc) is 3.53. The van der Waals surface area contributed by atoms with E-state index >= 15 is 0 Å². The van der Waals surface area contributed by atoms with E-state index in [4.69, 9.17) is 9.73 Å². The van der Waals surface area contributed by atoms with Gasteiger partial charge >= 0.3 is 6.09 Å². The summed E-state index contributed by atoms with van der Waals surface area (Å²) in [6.07, 6.45) is 1.90. The summed E-state index contributed by atoms with van der Waals surface area (Å²) in [5, 5.41) is 14.3. The maximum atomic E-state index is 11.9. The maximum Gasteiger partial charge on any atom is 0.407 e. The molecule has 3 rings (SSSR count). The van der Waals surface area contributed by atoms with Gasteiger partial charge < -0.3 is 20.7 Å². The Morgan fingerprint density at radius 2 is 2.00 bits per heavy atom. The van der Waals surface area contributed by atoms with Gasteiger partial charge in [0.2, 0.25) is 0 Å². The first-order valence-electron chi connectivity index (χ1n) is 11.1. The summed E-state index contributed by atoms with van der Waals surface area (Å²) in [5.41, 5.74) is 4.21. The number of nitrogens with zero attached hydrogens (tertiary/aromatic N) is 3. The number of guanidine groups is 1. The molecular weight excluding hydrogens is 519 g/mol. The molecule has 1 atom stereocenters. The molecule has 1 aliphatic carbocycles. The number of para-hydroxylation sites is 1. The molecule has 9 heteroatoms. The normalized spacial score (nSPS) is 14.3. The Morgan fingerprint density at radius 1 is 1.25 bits per heavy atom. The lowest BCUT2D eigenvalue weighted by atomic mass is 10.1. The van der Waals surface area contributed by atoms with Gasteiger partial charge in [0.05, 0.1) is 30.6 Å². The molecule has 1 fully saturated rings. The molecule has 0 saturated heterocycles. The smallest absolute Gasteiger partial charge is 0.407 e. The Labute approximate surface area is 207 Å². The van der Waals surface area contributed by atoms with Crippen LogP contribution in [0.4, 0.5) is 4.79 Å². The Balaban J connectivity index is 0.00000363. The van der Waals surface area contributed by atoms with E-state index in [0.29, 0.717) is 25.6 Å². The summed E-state index contributed by atoms with van der Waals surface area (Å²) < 4.78 is 7.01. The van der Waals surface area contributed by atoms with Crippen LogP contribution in [0.1, 0.15) is 43.6 Å². The molecule has 2 aromatic rings. The number of benzene rings is 1. The predicted octanol–water partition coefficient (Wildman–Crippen LogP) is 3.69. The zero-order valence-electron chi connectivity index (χ0n) is 19.4. The van der Waals surface area contributed by atoms with Gasteiger partial charge in [0.25, 0.3) is 0 Å². The third-order valence-corrected chi connectivity index (χ3v) is 5.24. The summed E-state index contributed by atoms with van der Waals surface area (Å²) in [5.74, 6) is 1.22. The highest BCUT2D eigenvalue weighted by atomic mass is 127. The molecule has 0 aliphatic heterocycles. The molecule has 1 heterocycles. The second-order valence-electron chi connectivity index (χ2n) is 7.85. The average molecular weight is 554 g/mol. The van der Waals surface area contributed by atoms with Gasteiger partial charge in [-0.25, -0.2) is 14.5 Å². The van der Waals surface area contributed by atoms with Crippen molar-refractivity contribution in [1.29, 1.82) is 0 Å². The van der Waals surface area contributed by atoms with Gasteiger partial charge in [-0.2, -0.15) is 5.10 Å². The van der Waals surface area contributed by atoms with Crippen LogP contribution >= 0.6 is 24.0 Å². The molecule has 176 valence electrons. The molecule has 0 bridgehead atoms. The first-order chi connectivity index (χ1) is 15.0. The summed E-state index contributed by atoms with van der Waals surface area (Å²) in [6, 6.07) is 10.3. The van der Waals surface area contributed by atoms with Gasteiger partial charge in [-0.3, -0.25) is 0 Å². The van der Waals surface area contributed by atoms with Crippen LogP contribution in [0.15, 0.2) is 35.3 Å². The van der Waals surface area contributed by atoms with Gasteiger partial charge in [0.15, 0.2) is 5.96 Å². The van der Waals surface area contributed by atoms with Crippen molar-refractivity contribution < 1.29 is 9.53 Å². The van der Waals surface area contributed by atoms with E-state index in [2.05, 4.69) is 46.2 Å². The third-order valence-electron chi connectivity index (χ3n) is 5.24. The Bertz CT molecular complexity index is 910. The van der Waals surface area contributed by atoms with Crippen molar-refractivity contribution in [3.63, 3.8) is 0 Å². The number of aryl methyl sites for hydroxylation is 2. The lowest BCUT2D eigenvalue weighted by molar-refractivity contribution is 0.146. The number of carbonyl (C=O) groups excluding carboxylic acids is 1. The molecule has 3 N–H and O–H groups in total. The van der Waals surface area contributed by atoms with Crippen LogP contribution < -0.4 is 16.0 Å². The molecule has 8 nitrogen and oxygen atoms in total. The van der Waals surface area contributed by atoms with Gasteiger partial charge in [-0.15, -0.1) is 24.0 Å². The summed E-state index contributed by atoms with van der Waals surface area (Å²) >= 11 is 0. The van der Waals surface area contributed by atoms with Crippen LogP contribution in [0.5, 0.6) is 0 Å². The second kappa shape index (κ2) is 12.7. The number of aromatic nitrogens is 2. The fraction of sp³-hybridized carbons (Fsp3) is 0.522. The van der Waals surface area contributed by atoms with Crippen LogP contribution in [0, 0.1) is 19.8 Å². The minimum absolute atomic E-state index is 0. The van der Waals surface area contributed by atoms with Crippen LogP contribution in [0.25, 0.3) is 5.69 Å². The fourth-order valence-corrected chi connectivity index (χ4v) is 3.59. The second-order valence-corrected chi connectivity index (χ2v) is 7.85. The van der Waals surface area contributed by atoms with E-state index in [0.717, 1.165) is 48.0 Å². The number of alkyl carbamates (subject to hydrolysis) is 1. The van der Waals surface area contributed by atoms with Crippen molar-refractivity contribution in [1.82, 2.24) is 25.7 Å². The van der Waals surface area contributed by atoms with Crippen LogP contribution in [-0.2, 0) is 11.3 Å². The number of carbonyl (C=O) groups is 1. The number of ether oxygens (including phenoxy) is 1. The summed E-state index contributed by atoms with van der Waals surface area (Å²) in [7, 11) is 0. The molecule has 1 aromatic carbocycles. The highest BCUT2D eigenvalue weighted by Crippen LogP contribution is 2.32. The van der Waals surface area contributed by atoms with E-state index in [9.17, 15) is 4.79 Å². The number of aliphatic imine (C=N–C) groups is 1. The van der Waals surface area contributed by atoms with Crippen molar-refractivity contribution in [2.45, 2.75) is 53.1 Å². The highest BCUT2D eigenvalue weighted by Gasteiger charge is 2.32. The minimum atomic E-state index is -0.359. The number of rotatable bonds is 9. The molecule has 32 heavy (non-hydrogen) atoms. The van der Waals surface area contributed by atoms with E-state index < -0.39 is 0 Å². The van der Waals surface area contributed by atoms with Crippen LogP contribution in [0.2, 0.25) is 0 Å². The molecular formula is C23H35IN6O2. The number of halogens is 1. The molecule has 1 unspecified atom stereocenters. The lowest BCUT2D eigenvalue weighted by Gasteiger charge is -2.20. The van der Waals surface area contributed by atoms with E-state index in [1.165, 1.54) is 0 Å². The maximum absolute atomic E-state index is 11.9. The Morgan fingerprint density at radius 3 is 2.62 bits per heavy atom. The predicted molar refractivity (Wildman–Crippen MR) is 138 cm³/mol. The van der Waals surface area contributed by atoms with Crippen molar-refractivity contribution in [2.24, 2.45) is 10.9 Å². The number of amides is 1. The fourth-order valence-electron chi connectivity index (χ4n) is 3.59. The standard InChI is InChI=1S/C23H34N6O2.HI/c1-5-24-22(26-15-20(18-11-12-18)27-23(30)31-6-2)25-14-19-9-7-8-10-21(19)29-17(4)13-16(3)28-29;/h7-10,13,18,20H,5-6,11-12,14-15H2,1-4H3,(H,27,30)(H2,24,25,26);1H. The molecule has 1 aliphatic rings. The number of nitrogens with one attached hydrogen (secondary N) is 3. The van der Waals surface area contributed by atoms with Crippen LogP contribution in [-0.4, -0.2) is 47.6 Å². The number of hydrogen-bond donors (Lipinski definition) is 3.